The summed E-state index contributed by atoms with van der Waals surface area (Å²) in [7, 11) is 5.50. The molecular weight excluding hydrogens is 805 g/mol. The number of hydrogen-bond donors (Lipinski definition) is 7. The van der Waals surface area contributed by atoms with Gasteiger partial charge in [0.1, 0.15) is 0 Å². The van der Waals surface area contributed by atoms with Crippen molar-refractivity contribution in [3.63, 3.8) is 0 Å². The zero-order valence-corrected chi connectivity index (χ0v) is 39.3. The number of nitrogens with zero attached hydrogens (tertiary/aromatic N) is 3. The lowest BCUT2D eigenvalue weighted by Gasteiger charge is -2.64. The van der Waals surface area contributed by atoms with Crippen molar-refractivity contribution in [2.75, 3.05) is 31.6 Å². The number of aromatic nitrogens is 2. The second kappa shape index (κ2) is 17.2. The van der Waals surface area contributed by atoms with E-state index in [2.05, 4.69) is 60.7 Å². The van der Waals surface area contributed by atoms with Gasteiger partial charge in [0, 0.05) is 66.2 Å². The Morgan fingerprint density at radius 3 is 2.41 bits per heavy atom. The van der Waals surface area contributed by atoms with E-state index in [9.17, 15) is 25.2 Å². The smallest absolute Gasteiger partial charge is 0.185 e. The van der Waals surface area contributed by atoms with Gasteiger partial charge in [-0.1, -0.05) is 80.2 Å². The molecule has 11 nitrogen and oxygen atoms in total. The molecule has 8 rings (SSSR count). The van der Waals surface area contributed by atoms with E-state index >= 15 is 0 Å². The maximum Gasteiger partial charge on any atom is 0.185 e. The van der Waals surface area contributed by atoms with E-state index in [1.165, 1.54) is 44.1 Å². The maximum atomic E-state index is 14.8. The number of aliphatic imine (C=N–C) groups is 1. The van der Waals surface area contributed by atoms with Crippen LogP contribution >= 0.6 is 21.6 Å². The first-order valence-corrected chi connectivity index (χ1v) is 26.0. The van der Waals surface area contributed by atoms with Gasteiger partial charge in [0.2, 0.25) is 0 Å². The molecule has 5 saturated carbocycles. The predicted octanol–water partition coefficient (Wildman–Crippen LogP) is 6.43. The van der Waals surface area contributed by atoms with Gasteiger partial charge < -0.3 is 41.8 Å². The number of imidazole rings is 1. The number of rotatable bonds is 5. The lowest BCUT2D eigenvalue weighted by Crippen LogP contribution is -2.67. The fraction of sp³-hybridized carbons (Fsp3) is 0.812. The van der Waals surface area contributed by atoms with Gasteiger partial charge in [0.15, 0.2) is 11.7 Å². The molecule has 2 heterocycles. The van der Waals surface area contributed by atoms with Crippen LogP contribution in [0.2, 0.25) is 0 Å². The first-order valence-electron chi connectivity index (χ1n) is 23.5. The van der Waals surface area contributed by atoms with Gasteiger partial charge in [-0.3, -0.25) is 9.79 Å². The zero-order chi connectivity index (χ0) is 43.7. The van der Waals surface area contributed by atoms with E-state index in [0.29, 0.717) is 37.1 Å². The second-order valence-corrected chi connectivity index (χ2v) is 24.7. The van der Waals surface area contributed by atoms with Crippen LogP contribution in [0.15, 0.2) is 46.5 Å². The molecule has 14 atom stereocenters. The molecule has 13 heteroatoms. The Morgan fingerprint density at radius 1 is 1.00 bits per heavy atom. The molecule has 7 aliphatic rings. The molecule has 6 aliphatic carbocycles. The number of aliphatic hydroxyl groups is 4. The summed E-state index contributed by atoms with van der Waals surface area (Å²) in [4.78, 5) is 23.9. The number of guanidine groups is 1. The van der Waals surface area contributed by atoms with Crippen molar-refractivity contribution in [3.8, 4) is 0 Å². The van der Waals surface area contributed by atoms with Crippen molar-refractivity contribution in [3.05, 3.63) is 41.5 Å². The van der Waals surface area contributed by atoms with Crippen LogP contribution in [0.25, 0.3) is 0 Å². The molecule has 0 amide bonds. The van der Waals surface area contributed by atoms with Crippen LogP contribution in [-0.4, -0.2) is 97.3 Å². The average molecular weight is 881 g/mol. The minimum atomic E-state index is -1.36. The number of aliphatic hydroxyl groups excluding tert-OH is 3. The standard InChI is InChI=1S/C48H76N6O5S2/c1-28-34-16-31(25-60-61-26-32(54-15-14-52-27-54)21-44(2,3)35(17-37(28)55)29-10-9-13-47(20-29)11-7-8-12-47)48(59)36-18-38(56)41-33(24-51-6)42(58)39(57)22-45(41,4)40(36)30(19-46(34,48)5)23-53-43(49)50/h14-15,18,27-28,30-34,37,39-42,51,55,57-59H,7-13,16-17,19-26H2,1-6H3,(H4,49,50,53). The second-order valence-electron chi connectivity index (χ2n) is 22.2. The third-order valence-electron chi connectivity index (χ3n) is 18.3. The molecule has 0 radical (unpaired) electrons. The van der Waals surface area contributed by atoms with E-state index in [4.69, 9.17) is 11.5 Å². The van der Waals surface area contributed by atoms with Crippen LogP contribution in [0, 0.1) is 63.1 Å². The molecular formula is C48H76N6O5S2. The fourth-order valence-electron chi connectivity index (χ4n) is 15.6. The van der Waals surface area contributed by atoms with Crippen molar-refractivity contribution in [2.24, 2.45) is 79.5 Å². The maximum absolute atomic E-state index is 14.8. The Balaban J connectivity index is 1.24. The van der Waals surface area contributed by atoms with E-state index in [1.54, 1.807) is 11.6 Å². The molecule has 9 N–H and O–H groups in total. The summed E-state index contributed by atoms with van der Waals surface area (Å²) < 4.78 is 2.27. The van der Waals surface area contributed by atoms with Crippen molar-refractivity contribution in [2.45, 2.75) is 148 Å². The van der Waals surface area contributed by atoms with Crippen LogP contribution < -0.4 is 16.8 Å². The predicted molar refractivity (Wildman–Crippen MR) is 246 cm³/mol. The number of nitrogens with two attached hydrogens (primary N) is 2. The highest BCUT2D eigenvalue weighted by atomic mass is 33.1. The number of fused-ring (bicyclic) bond motifs is 9. The first-order chi connectivity index (χ1) is 28.9. The van der Waals surface area contributed by atoms with Crippen molar-refractivity contribution >= 4 is 33.3 Å². The largest absolute Gasteiger partial charge is 0.393 e. The topological polar surface area (TPSA) is 192 Å². The van der Waals surface area contributed by atoms with Crippen molar-refractivity contribution in [1.29, 1.82) is 0 Å². The van der Waals surface area contributed by atoms with Gasteiger partial charge in [-0.25, -0.2) is 4.98 Å². The molecule has 1 saturated heterocycles. The number of nitrogens with one attached hydrogen (secondary N) is 1. The fourth-order valence-corrected chi connectivity index (χ4v) is 18.3. The number of hydrogen-bond acceptors (Lipinski definition) is 10. The Kier molecular flexibility index (Phi) is 12.9. The van der Waals surface area contributed by atoms with Gasteiger partial charge in [-0.05, 0) is 129 Å². The van der Waals surface area contributed by atoms with Crippen LogP contribution in [0.4, 0.5) is 0 Å². The van der Waals surface area contributed by atoms with Gasteiger partial charge in [-0.15, -0.1) is 0 Å². The van der Waals surface area contributed by atoms with E-state index in [1.807, 2.05) is 41.2 Å². The minimum Gasteiger partial charge on any atom is -0.393 e. The monoisotopic (exact) mass is 881 g/mol. The highest BCUT2D eigenvalue weighted by Crippen LogP contribution is 2.72. The SMILES string of the molecule is CNCC1C(O)C(O)CC2(C)C3C(=CC(=O)C12)C1(O)C2CSSCC(n4ccnc4)CC(C)(C)C(=C4CCCC5(CCCC5)C4)CC(O)C(C)C(C2)C1(C)CC3CN=C(N)N. The lowest BCUT2D eigenvalue weighted by molar-refractivity contribution is -0.182. The summed E-state index contributed by atoms with van der Waals surface area (Å²) in [6.45, 7) is 12.1. The van der Waals surface area contributed by atoms with Crippen molar-refractivity contribution in [1.82, 2.24) is 14.9 Å². The number of ketones is 1. The molecule has 340 valence electrons. The first kappa shape index (κ1) is 45.7. The number of carbonyl (C=O) groups excluding carboxylic acids is 1. The van der Waals surface area contributed by atoms with Gasteiger partial charge in [-0.2, -0.15) is 0 Å². The molecule has 6 fully saturated rings. The molecule has 1 spiro atoms. The molecule has 61 heavy (non-hydrogen) atoms. The molecule has 1 aliphatic heterocycles. The highest BCUT2D eigenvalue weighted by molar-refractivity contribution is 8.76. The molecule has 14 unspecified atom stereocenters. The third kappa shape index (κ3) is 7.81. The Morgan fingerprint density at radius 2 is 1.72 bits per heavy atom. The average Bonchev–Trinajstić information content (AvgIpc) is 3.95. The molecule has 1 aromatic heterocycles. The van der Waals surface area contributed by atoms with Gasteiger partial charge in [0.25, 0.3) is 0 Å². The van der Waals surface area contributed by atoms with Crippen LogP contribution in [0.1, 0.15) is 124 Å². The summed E-state index contributed by atoms with van der Waals surface area (Å²) in [5.74, 6) is -0.407. The summed E-state index contributed by atoms with van der Waals surface area (Å²) in [5, 5.41) is 53.0. The van der Waals surface area contributed by atoms with Crippen LogP contribution in [0.3, 0.4) is 0 Å². The summed E-state index contributed by atoms with van der Waals surface area (Å²) >= 11 is 0. The Hall–Kier alpha value is -1.87. The van der Waals surface area contributed by atoms with Crippen molar-refractivity contribution < 1.29 is 25.2 Å². The molecule has 0 aromatic carbocycles. The summed E-state index contributed by atoms with van der Waals surface area (Å²) in [5.41, 5.74) is 13.3. The van der Waals surface area contributed by atoms with Gasteiger partial charge in [0.05, 0.1) is 30.2 Å². The highest BCUT2D eigenvalue weighted by Gasteiger charge is 2.73. The van der Waals surface area contributed by atoms with Crippen LogP contribution in [0.5, 0.6) is 0 Å². The quantitative estimate of drug-likeness (QED) is 0.0747. The summed E-state index contributed by atoms with van der Waals surface area (Å²) in [6, 6.07) is 0.196. The minimum absolute atomic E-state index is 0.000118. The van der Waals surface area contributed by atoms with E-state index < -0.39 is 46.6 Å². The number of carbonyl (C=O) groups is 1. The lowest BCUT2D eigenvalue weighted by atomic mass is 9.41. The number of allylic oxidation sites excluding steroid dienone is 2. The zero-order valence-electron chi connectivity index (χ0n) is 37.7. The normalized spacial score (nSPS) is 45.0. The van der Waals surface area contributed by atoms with E-state index in [-0.39, 0.29) is 59.2 Å². The van der Waals surface area contributed by atoms with Gasteiger partial charge >= 0.3 is 0 Å². The summed E-state index contributed by atoms with van der Waals surface area (Å²) in [6.07, 6.45) is 18.1. The molecule has 1 aromatic rings. The Bertz CT molecular complexity index is 1860. The van der Waals surface area contributed by atoms with E-state index in [0.717, 1.165) is 37.0 Å². The van der Waals surface area contributed by atoms with Crippen LogP contribution in [-0.2, 0) is 4.79 Å². The third-order valence-corrected chi connectivity index (χ3v) is 20.8. The Labute approximate surface area is 372 Å². The molecule has 2 bridgehead atoms.